The zero-order valence-corrected chi connectivity index (χ0v) is 13.2. The number of hydrogen-bond donors (Lipinski definition) is 0. The highest BCUT2D eigenvalue weighted by Gasteiger charge is 2.18. The van der Waals surface area contributed by atoms with Gasteiger partial charge in [0.1, 0.15) is 0 Å². The Kier molecular flexibility index (Phi) is 4.53. The predicted molar refractivity (Wildman–Crippen MR) is 83.9 cm³/mol. The van der Waals surface area contributed by atoms with Crippen LogP contribution in [0.25, 0.3) is 0 Å². The number of rotatable bonds is 4. The summed E-state index contributed by atoms with van der Waals surface area (Å²) in [5, 5.41) is 0.582. The topological polar surface area (TPSA) is 35.5 Å². The standard InChI is InChI=1S/C17H17ClO3/c1-10-8-15(20-3)16(21-4)9-13(10)17(19)12-6-5-7-14(18)11(12)2/h5-9H,1-4H3. The van der Waals surface area contributed by atoms with Crippen LogP contribution >= 0.6 is 11.6 Å². The molecule has 0 spiro atoms. The predicted octanol–water partition coefficient (Wildman–Crippen LogP) is 4.21. The number of hydrogen-bond acceptors (Lipinski definition) is 3. The van der Waals surface area contributed by atoms with Gasteiger partial charge in [-0.05, 0) is 43.2 Å². The van der Waals surface area contributed by atoms with Gasteiger partial charge in [-0.1, -0.05) is 23.7 Å². The Balaban J connectivity index is 2.56. The first-order chi connectivity index (χ1) is 9.99. The van der Waals surface area contributed by atoms with Gasteiger partial charge in [-0.15, -0.1) is 0 Å². The van der Waals surface area contributed by atoms with E-state index in [2.05, 4.69) is 0 Å². The van der Waals surface area contributed by atoms with Crippen molar-refractivity contribution < 1.29 is 14.3 Å². The molecule has 0 atom stereocenters. The fourth-order valence-corrected chi connectivity index (χ4v) is 2.40. The fraction of sp³-hybridized carbons (Fsp3) is 0.235. The molecule has 0 N–H and O–H groups in total. The maximum Gasteiger partial charge on any atom is 0.193 e. The van der Waals surface area contributed by atoms with Crippen LogP contribution in [-0.2, 0) is 0 Å². The molecule has 0 saturated heterocycles. The van der Waals surface area contributed by atoms with E-state index >= 15 is 0 Å². The maximum absolute atomic E-state index is 12.8. The first kappa shape index (κ1) is 15.4. The molecule has 0 fully saturated rings. The average Bonchev–Trinajstić information content (AvgIpc) is 2.49. The molecule has 0 unspecified atom stereocenters. The van der Waals surface area contributed by atoms with Crippen molar-refractivity contribution in [3.8, 4) is 11.5 Å². The summed E-state index contributed by atoms with van der Waals surface area (Å²) >= 11 is 6.09. The SMILES string of the molecule is COc1cc(C)c(C(=O)c2cccc(Cl)c2C)cc1OC. The van der Waals surface area contributed by atoms with E-state index in [4.69, 9.17) is 21.1 Å². The van der Waals surface area contributed by atoms with E-state index in [1.807, 2.05) is 13.8 Å². The Hall–Kier alpha value is -2.00. The Labute approximate surface area is 129 Å². The number of benzene rings is 2. The van der Waals surface area contributed by atoms with Crippen molar-refractivity contribution in [2.24, 2.45) is 0 Å². The smallest absolute Gasteiger partial charge is 0.193 e. The van der Waals surface area contributed by atoms with Gasteiger partial charge in [-0.25, -0.2) is 0 Å². The van der Waals surface area contributed by atoms with Crippen LogP contribution in [0.1, 0.15) is 27.0 Å². The highest BCUT2D eigenvalue weighted by Crippen LogP contribution is 2.32. The molecule has 2 rings (SSSR count). The van der Waals surface area contributed by atoms with Gasteiger partial charge >= 0.3 is 0 Å². The molecular weight excluding hydrogens is 288 g/mol. The molecule has 2 aromatic carbocycles. The van der Waals surface area contributed by atoms with Crippen LogP contribution < -0.4 is 9.47 Å². The Morgan fingerprint density at radius 2 is 1.62 bits per heavy atom. The molecule has 0 aliphatic heterocycles. The number of methoxy groups -OCH3 is 2. The lowest BCUT2D eigenvalue weighted by atomic mass is 9.95. The Morgan fingerprint density at radius 1 is 1.00 bits per heavy atom. The quantitative estimate of drug-likeness (QED) is 0.794. The molecule has 0 heterocycles. The third-order valence-electron chi connectivity index (χ3n) is 3.49. The van der Waals surface area contributed by atoms with Crippen molar-refractivity contribution in [3.63, 3.8) is 0 Å². The molecule has 21 heavy (non-hydrogen) atoms. The number of carbonyl (C=O) groups excluding carboxylic acids is 1. The lowest BCUT2D eigenvalue weighted by molar-refractivity contribution is 0.103. The van der Waals surface area contributed by atoms with Crippen molar-refractivity contribution in [1.29, 1.82) is 0 Å². The van der Waals surface area contributed by atoms with Gasteiger partial charge in [0.25, 0.3) is 0 Å². The van der Waals surface area contributed by atoms with Gasteiger partial charge in [0.15, 0.2) is 17.3 Å². The minimum absolute atomic E-state index is 0.0755. The molecule has 0 aliphatic carbocycles. The normalized spacial score (nSPS) is 10.3. The third kappa shape index (κ3) is 2.88. The molecule has 0 radical (unpaired) electrons. The number of halogens is 1. The van der Waals surface area contributed by atoms with Gasteiger partial charge in [-0.2, -0.15) is 0 Å². The summed E-state index contributed by atoms with van der Waals surface area (Å²) in [5.74, 6) is 1.06. The summed E-state index contributed by atoms with van der Waals surface area (Å²) < 4.78 is 10.5. The van der Waals surface area contributed by atoms with E-state index in [9.17, 15) is 4.79 Å². The van der Waals surface area contributed by atoms with Crippen molar-refractivity contribution in [1.82, 2.24) is 0 Å². The molecule has 3 nitrogen and oxygen atoms in total. The number of ketones is 1. The van der Waals surface area contributed by atoms with Crippen LogP contribution in [0.2, 0.25) is 5.02 Å². The van der Waals surface area contributed by atoms with E-state index in [0.717, 1.165) is 11.1 Å². The minimum Gasteiger partial charge on any atom is -0.493 e. The fourth-order valence-electron chi connectivity index (χ4n) is 2.22. The van der Waals surface area contributed by atoms with Crippen molar-refractivity contribution >= 4 is 17.4 Å². The molecule has 0 aliphatic rings. The van der Waals surface area contributed by atoms with E-state index in [0.29, 0.717) is 27.6 Å². The molecule has 2 aromatic rings. The summed E-state index contributed by atoms with van der Waals surface area (Å²) in [6.07, 6.45) is 0. The van der Waals surface area contributed by atoms with Crippen LogP contribution in [0.15, 0.2) is 30.3 Å². The second kappa shape index (κ2) is 6.19. The maximum atomic E-state index is 12.8. The van der Waals surface area contributed by atoms with Crippen molar-refractivity contribution in [2.45, 2.75) is 13.8 Å². The van der Waals surface area contributed by atoms with Crippen LogP contribution in [0.4, 0.5) is 0 Å². The molecule has 0 bridgehead atoms. The van der Waals surface area contributed by atoms with Crippen molar-refractivity contribution in [2.75, 3.05) is 14.2 Å². The molecule has 0 saturated carbocycles. The first-order valence-corrected chi connectivity index (χ1v) is 6.89. The van der Waals surface area contributed by atoms with Crippen LogP contribution in [0, 0.1) is 13.8 Å². The third-order valence-corrected chi connectivity index (χ3v) is 3.90. The highest BCUT2D eigenvalue weighted by atomic mass is 35.5. The summed E-state index contributed by atoms with van der Waals surface area (Å²) in [6.45, 7) is 3.71. The van der Waals surface area contributed by atoms with Crippen molar-refractivity contribution in [3.05, 3.63) is 57.6 Å². The van der Waals surface area contributed by atoms with Gasteiger partial charge in [0.05, 0.1) is 14.2 Å². The van der Waals surface area contributed by atoms with Gasteiger partial charge in [0, 0.05) is 16.1 Å². The van der Waals surface area contributed by atoms with E-state index in [1.165, 1.54) is 0 Å². The van der Waals surface area contributed by atoms with Gasteiger partial charge in [-0.3, -0.25) is 4.79 Å². The number of aryl methyl sites for hydroxylation is 1. The van der Waals surface area contributed by atoms with Crippen LogP contribution in [-0.4, -0.2) is 20.0 Å². The Morgan fingerprint density at radius 3 is 2.24 bits per heavy atom. The number of ether oxygens (including phenoxy) is 2. The monoisotopic (exact) mass is 304 g/mol. The van der Waals surface area contributed by atoms with Gasteiger partial charge < -0.3 is 9.47 Å². The zero-order valence-electron chi connectivity index (χ0n) is 12.5. The average molecular weight is 305 g/mol. The molecule has 4 heteroatoms. The molecule has 110 valence electrons. The second-order valence-corrected chi connectivity index (χ2v) is 5.17. The number of carbonyl (C=O) groups is 1. The van der Waals surface area contributed by atoms with E-state index in [1.54, 1.807) is 44.6 Å². The lowest BCUT2D eigenvalue weighted by Crippen LogP contribution is -2.07. The summed E-state index contributed by atoms with van der Waals surface area (Å²) in [5.41, 5.74) is 2.78. The molecule has 0 amide bonds. The minimum atomic E-state index is -0.0755. The summed E-state index contributed by atoms with van der Waals surface area (Å²) in [4.78, 5) is 12.8. The summed E-state index contributed by atoms with van der Waals surface area (Å²) in [7, 11) is 3.12. The first-order valence-electron chi connectivity index (χ1n) is 6.52. The molecular formula is C17H17ClO3. The molecule has 0 aromatic heterocycles. The summed E-state index contributed by atoms with van der Waals surface area (Å²) in [6, 6.07) is 8.83. The highest BCUT2D eigenvalue weighted by molar-refractivity contribution is 6.32. The zero-order chi connectivity index (χ0) is 15.6. The Bertz CT molecular complexity index is 693. The van der Waals surface area contributed by atoms with E-state index in [-0.39, 0.29) is 5.78 Å². The second-order valence-electron chi connectivity index (χ2n) is 4.76. The lowest BCUT2D eigenvalue weighted by Gasteiger charge is -2.13. The van der Waals surface area contributed by atoms with Gasteiger partial charge in [0.2, 0.25) is 0 Å². The van der Waals surface area contributed by atoms with Crippen LogP contribution in [0.3, 0.4) is 0 Å². The van der Waals surface area contributed by atoms with E-state index < -0.39 is 0 Å². The largest absolute Gasteiger partial charge is 0.493 e. The van der Waals surface area contributed by atoms with Crippen LogP contribution in [0.5, 0.6) is 11.5 Å².